The van der Waals surface area contributed by atoms with Crippen molar-refractivity contribution in [1.29, 1.82) is 0 Å². The molecule has 2 aromatic carbocycles. The molecule has 5 aromatic rings. The Labute approximate surface area is 261 Å². The molecule has 5 rings (SSSR count). The van der Waals surface area contributed by atoms with E-state index in [1.54, 1.807) is 65.7 Å². The largest absolute Gasteiger partial charge is 0.457 e. The first-order valence-corrected chi connectivity index (χ1v) is 14.7. The number of aromatic nitrogens is 4. The summed E-state index contributed by atoms with van der Waals surface area (Å²) in [4.78, 5) is 34.3. The number of aryl methyl sites for hydroxylation is 2. The van der Waals surface area contributed by atoms with Crippen LogP contribution >= 0.6 is 0 Å². The molecule has 0 aliphatic heterocycles. The number of anilines is 2. The molecule has 0 aliphatic carbocycles. The van der Waals surface area contributed by atoms with Crippen molar-refractivity contribution in [1.82, 2.24) is 19.7 Å². The number of pyridine rings is 2. The maximum atomic E-state index is 15.0. The van der Waals surface area contributed by atoms with Crippen LogP contribution in [0.4, 0.5) is 20.7 Å². The van der Waals surface area contributed by atoms with Gasteiger partial charge in [-0.05, 0) is 67.8 Å². The zero-order valence-electron chi connectivity index (χ0n) is 25.7. The Kier molecular flexibility index (Phi) is 9.32. The second-order valence-electron chi connectivity index (χ2n) is 11.7. The third-order valence-electron chi connectivity index (χ3n) is 7.04. The first-order valence-electron chi connectivity index (χ1n) is 14.7. The van der Waals surface area contributed by atoms with Crippen LogP contribution in [0.15, 0.2) is 91.4 Å². The fourth-order valence-corrected chi connectivity index (χ4v) is 4.64. The first-order chi connectivity index (χ1) is 21.5. The van der Waals surface area contributed by atoms with Crippen LogP contribution in [0, 0.1) is 12.7 Å². The van der Waals surface area contributed by atoms with E-state index in [9.17, 15) is 14.0 Å². The van der Waals surface area contributed by atoms with Gasteiger partial charge in [0.2, 0.25) is 0 Å². The van der Waals surface area contributed by atoms with Crippen molar-refractivity contribution in [3.63, 3.8) is 0 Å². The van der Waals surface area contributed by atoms with Crippen LogP contribution in [0.5, 0.6) is 11.5 Å². The molecule has 0 bridgehead atoms. The number of carbonyl (C=O) groups is 2. The second-order valence-corrected chi connectivity index (χ2v) is 11.7. The number of carbonyl (C=O) groups excluding carboxylic acids is 2. The molecular formula is C35H35FN6O3. The zero-order valence-corrected chi connectivity index (χ0v) is 25.7. The highest BCUT2D eigenvalue weighted by Crippen LogP contribution is 2.28. The summed E-state index contributed by atoms with van der Waals surface area (Å²) in [5.41, 5.74) is 3.45. The summed E-state index contributed by atoms with van der Waals surface area (Å²) < 4.78 is 22.3. The van der Waals surface area contributed by atoms with E-state index in [2.05, 4.69) is 20.6 Å². The number of nitrogens with zero attached hydrogens (tertiary/aromatic N) is 4. The fourth-order valence-electron chi connectivity index (χ4n) is 4.64. The van der Waals surface area contributed by atoms with Gasteiger partial charge < -0.3 is 10.1 Å². The van der Waals surface area contributed by atoms with Gasteiger partial charge in [-0.25, -0.2) is 13.9 Å². The third kappa shape index (κ3) is 8.17. The van der Waals surface area contributed by atoms with E-state index < -0.39 is 11.8 Å². The molecule has 10 heteroatoms. The molecule has 9 nitrogen and oxygen atoms in total. The van der Waals surface area contributed by atoms with Gasteiger partial charge in [0.05, 0.1) is 17.1 Å². The number of rotatable bonds is 10. The summed E-state index contributed by atoms with van der Waals surface area (Å²) in [5.74, 6) is 0.534. The molecule has 0 radical (unpaired) electrons. The van der Waals surface area contributed by atoms with Crippen molar-refractivity contribution in [2.75, 3.05) is 10.6 Å². The molecule has 3 heterocycles. The van der Waals surface area contributed by atoms with Gasteiger partial charge in [0, 0.05) is 59.9 Å². The van der Waals surface area contributed by atoms with Crippen molar-refractivity contribution in [3.8, 4) is 17.2 Å². The summed E-state index contributed by atoms with van der Waals surface area (Å²) in [5, 5.41) is 10.1. The van der Waals surface area contributed by atoms with Crippen LogP contribution in [0.1, 0.15) is 60.9 Å². The van der Waals surface area contributed by atoms with Crippen LogP contribution in [0.25, 0.3) is 5.69 Å². The van der Waals surface area contributed by atoms with Crippen molar-refractivity contribution >= 4 is 23.3 Å². The number of hydrogen-bond donors (Lipinski definition) is 2. The van der Waals surface area contributed by atoms with Crippen LogP contribution in [-0.2, 0) is 11.8 Å². The molecule has 3 aromatic heterocycles. The van der Waals surface area contributed by atoms with Gasteiger partial charge in [0.1, 0.15) is 23.1 Å². The van der Waals surface area contributed by atoms with E-state index in [1.807, 2.05) is 45.9 Å². The SMILES string of the molecule is Cc1cc(Oc2ccc(NC(=O)Nc3cc(C(C)(C)C)nn3-c3cccc(C(=O)CCCc4ccncc4)c3)c(F)c2)ccn1. The molecule has 0 saturated carbocycles. The number of hydrogen-bond acceptors (Lipinski definition) is 6. The van der Waals surface area contributed by atoms with Gasteiger partial charge in [-0.1, -0.05) is 32.9 Å². The molecule has 2 amide bonds. The number of Topliss-reactive ketones (excluding diaryl/α,β-unsaturated/α-hetero) is 1. The maximum absolute atomic E-state index is 15.0. The quantitative estimate of drug-likeness (QED) is 0.156. The molecule has 0 saturated heterocycles. The number of ketones is 1. The minimum Gasteiger partial charge on any atom is -0.457 e. The number of ether oxygens (including phenoxy) is 1. The summed E-state index contributed by atoms with van der Waals surface area (Å²) in [7, 11) is 0. The number of nitrogens with one attached hydrogen (secondary N) is 2. The van der Waals surface area contributed by atoms with Gasteiger partial charge in [0.15, 0.2) is 5.78 Å². The average Bonchev–Trinajstić information content (AvgIpc) is 3.43. The second kappa shape index (κ2) is 13.5. The summed E-state index contributed by atoms with van der Waals surface area (Å²) >= 11 is 0. The Balaban J connectivity index is 1.30. The van der Waals surface area contributed by atoms with Gasteiger partial charge in [0.25, 0.3) is 0 Å². The fraction of sp³-hybridized carbons (Fsp3) is 0.229. The third-order valence-corrected chi connectivity index (χ3v) is 7.04. The molecule has 0 unspecified atom stereocenters. The Morgan fingerprint density at radius 2 is 1.69 bits per heavy atom. The van der Waals surface area contributed by atoms with Crippen LogP contribution in [0.3, 0.4) is 0 Å². The van der Waals surface area contributed by atoms with Crippen LogP contribution in [-0.4, -0.2) is 31.6 Å². The lowest BCUT2D eigenvalue weighted by Crippen LogP contribution is -2.22. The lowest BCUT2D eigenvalue weighted by Gasteiger charge is -2.14. The molecule has 0 fully saturated rings. The number of benzene rings is 2. The highest BCUT2D eigenvalue weighted by atomic mass is 19.1. The summed E-state index contributed by atoms with van der Waals surface area (Å²) in [6.07, 6.45) is 6.99. The Morgan fingerprint density at radius 3 is 2.42 bits per heavy atom. The average molecular weight is 607 g/mol. The number of amides is 2. The Hall–Kier alpha value is -5.38. The monoisotopic (exact) mass is 606 g/mol. The van der Waals surface area contributed by atoms with E-state index in [4.69, 9.17) is 9.84 Å². The number of urea groups is 1. The predicted octanol–water partition coefficient (Wildman–Crippen LogP) is 8.05. The van der Waals surface area contributed by atoms with E-state index in [0.717, 1.165) is 23.4 Å². The molecular weight excluding hydrogens is 571 g/mol. The summed E-state index contributed by atoms with van der Waals surface area (Å²) in [6.45, 7) is 7.87. The van der Waals surface area contributed by atoms with Crippen molar-refractivity contribution < 1.29 is 18.7 Å². The van der Waals surface area contributed by atoms with Gasteiger partial charge in [-0.2, -0.15) is 5.10 Å². The standard InChI is InChI=1S/C35H35FN6O3/c1-23-19-28(15-18-38-23)45-27-11-12-30(29(36)21-27)39-34(44)40-33-22-32(35(2,3)4)41-42(33)26-9-6-8-25(20-26)31(43)10-5-7-24-13-16-37-17-14-24/h6,8-9,11-22H,5,7,10H2,1-4H3,(H2,39,40,44). The van der Waals surface area contributed by atoms with Crippen LogP contribution in [0.2, 0.25) is 0 Å². The zero-order chi connectivity index (χ0) is 32.0. The minimum atomic E-state index is -0.660. The number of halogens is 1. The molecule has 2 N–H and O–H groups in total. The maximum Gasteiger partial charge on any atom is 0.324 e. The summed E-state index contributed by atoms with van der Waals surface area (Å²) in [6, 6.07) is 19.8. The first kappa shape index (κ1) is 31.1. The normalized spacial score (nSPS) is 11.2. The predicted molar refractivity (Wildman–Crippen MR) is 172 cm³/mol. The topological polar surface area (TPSA) is 111 Å². The smallest absolute Gasteiger partial charge is 0.324 e. The van der Waals surface area contributed by atoms with Crippen molar-refractivity contribution in [2.45, 2.75) is 52.4 Å². The van der Waals surface area contributed by atoms with Crippen molar-refractivity contribution in [2.24, 2.45) is 0 Å². The minimum absolute atomic E-state index is 0.0170. The van der Waals surface area contributed by atoms with E-state index in [1.165, 1.54) is 12.1 Å². The van der Waals surface area contributed by atoms with Gasteiger partial charge >= 0.3 is 6.03 Å². The molecule has 0 aliphatic rings. The van der Waals surface area contributed by atoms with Crippen LogP contribution < -0.4 is 15.4 Å². The highest BCUT2D eigenvalue weighted by molar-refractivity contribution is 6.00. The Bertz CT molecular complexity index is 1810. The van der Waals surface area contributed by atoms with E-state index in [0.29, 0.717) is 35.7 Å². The van der Waals surface area contributed by atoms with E-state index >= 15 is 0 Å². The molecule has 230 valence electrons. The van der Waals surface area contributed by atoms with Gasteiger partial charge in [-0.3, -0.25) is 20.1 Å². The lowest BCUT2D eigenvalue weighted by atomic mass is 9.92. The molecule has 0 atom stereocenters. The highest BCUT2D eigenvalue weighted by Gasteiger charge is 2.22. The molecule has 0 spiro atoms. The molecule has 45 heavy (non-hydrogen) atoms. The lowest BCUT2D eigenvalue weighted by molar-refractivity contribution is 0.0980. The Morgan fingerprint density at radius 1 is 0.911 bits per heavy atom. The van der Waals surface area contributed by atoms with E-state index in [-0.39, 0.29) is 22.6 Å². The van der Waals surface area contributed by atoms with Crippen molar-refractivity contribution in [3.05, 3.63) is 120 Å². The van der Waals surface area contributed by atoms with Gasteiger partial charge in [-0.15, -0.1) is 0 Å².